The molecular formula is C13H20N2OS2. The number of rotatable bonds is 4. The zero-order chi connectivity index (χ0) is 13.1. The topological polar surface area (TPSA) is 33.2 Å². The summed E-state index contributed by atoms with van der Waals surface area (Å²) >= 11 is 3.58. The van der Waals surface area contributed by atoms with E-state index in [1.54, 1.807) is 11.3 Å². The smallest absolute Gasteiger partial charge is 0.186 e. The Labute approximate surface area is 117 Å². The minimum Gasteiger partial charge on any atom is -0.346 e. The number of hydrogen-bond donors (Lipinski definition) is 0. The molecule has 5 heteroatoms. The standard InChI is InChI=1S/C13H20N2OS2/c1-4-5-11-12(8-16)18-13(14-11)15-6-9(2)17-10(3)7-15/h8-10H,4-7H2,1-3H3. The van der Waals surface area contributed by atoms with Crippen molar-refractivity contribution >= 4 is 34.5 Å². The second kappa shape index (κ2) is 6.06. The van der Waals surface area contributed by atoms with Crippen LogP contribution in [-0.2, 0) is 6.42 Å². The predicted molar refractivity (Wildman–Crippen MR) is 80.2 cm³/mol. The molecule has 1 aliphatic heterocycles. The molecule has 0 radical (unpaired) electrons. The third kappa shape index (κ3) is 3.06. The van der Waals surface area contributed by atoms with E-state index in [4.69, 9.17) is 0 Å². The highest BCUT2D eigenvalue weighted by Crippen LogP contribution is 2.32. The lowest BCUT2D eigenvalue weighted by Crippen LogP contribution is -2.40. The maximum Gasteiger partial charge on any atom is 0.186 e. The Morgan fingerprint density at radius 1 is 1.39 bits per heavy atom. The van der Waals surface area contributed by atoms with Gasteiger partial charge < -0.3 is 4.90 Å². The lowest BCUT2D eigenvalue weighted by atomic mass is 10.2. The summed E-state index contributed by atoms with van der Waals surface area (Å²) in [6.45, 7) is 8.71. The molecule has 2 atom stereocenters. The summed E-state index contributed by atoms with van der Waals surface area (Å²) in [5.74, 6) is 0. The third-order valence-corrected chi connectivity index (χ3v) is 5.31. The predicted octanol–water partition coefficient (Wildman–Crippen LogP) is 3.24. The van der Waals surface area contributed by atoms with Crippen molar-refractivity contribution < 1.29 is 4.79 Å². The molecule has 0 bridgehead atoms. The molecule has 1 aromatic heterocycles. The molecule has 1 aromatic rings. The van der Waals surface area contributed by atoms with Gasteiger partial charge in [-0.1, -0.05) is 38.5 Å². The average Bonchev–Trinajstić information content (AvgIpc) is 2.71. The molecule has 1 fully saturated rings. The van der Waals surface area contributed by atoms with E-state index in [0.717, 1.165) is 47.9 Å². The summed E-state index contributed by atoms with van der Waals surface area (Å²) in [7, 11) is 0. The second-order valence-electron chi connectivity index (χ2n) is 4.84. The number of carbonyl (C=O) groups excluding carboxylic acids is 1. The van der Waals surface area contributed by atoms with Gasteiger partial charge in [0.1, 0.15) is 0 Å². The molecule has 100 valence electrons. The fourth-order valence-electron chi connectivity index (χ4n) is 2.33. The Morgan fingerprint density at radius 2 is 2.06 bits per heavy atom. The zero-order valence-electron chi connectivity index (χ0n) is 11.2. The van der Waals surface area contributed by atoms with E-state index >= 15 is 0 Å². The molecular weight excluding hydrogens is 264 g/mol. The highest BCUT2D eigenvalue weighted by molar-refractivity contribution is 8.00. The van der Waals surface area contributed by atoms with E-state index in [9.17, 15) is 4.79 Å². The molecule has 0 amide bonds. The van der Waals surface area contributed by atoms with Crippen LogP contribution in [0.15, 0.2) is 0 Å². The van der Waals surface area contributed by atoms with Crippen molar-refractivity contribution in [2.45, 2.75) is 44.1 Å². The summed E-state index contributed by atoms with van der Waals surface area (Å²) in [5.41, 5.74) is 0.978. The van der Waals surface area contributed by atoms with E-state index in [1.807, 2.05) is 11.8 Å². The maximum atomic E-state index is 11.1. The van der Waals surface area contributed by atoms with Gasteiger partial charge in [0.15, 0.2) is 11.4 Å². The Hall–Kier alpha value is -0.550. The summed E-state index contributed by atoms with van der Waals surface area (Å²) in [4.78, 5) is 18.9. The van der Waals surface area contributed by atoms with Gasteiger partial charge in [0.2, 0.25) is 0 Å². The van der Waals surface area contributed by atoms with E-state index in [-0.39, 0.29) is 0 Å². The van der Waals surface area contributed by atoms with Gasteiger partial charge in [-0.15, -0.1) is 0 Å². The largest absolute Gasteiger partial charge is 0.346 e. The van der Waals surface area contributed by atoms with E-state index < -0.39 is 0 Å². The minimum absolute atomic E-state index is 0.631. The van der Waals surface area contributed by atoms with Crippen LogP contribution in [0.2, 0.25) is 0 Å². The van der Waals surface area contributed by atoms with Crippen LogP contribution < -0.4 is 4.90 Å². The maximum absolute atomic E-state index is 11.1. The van der Waals surface area contributed by atoms with Crippen molar-refractivity contribution in [3.8, 4) is 0 Å². The van der Waals surface area contributed by atoms with Crippen molar-refractivity contribution in [3.63, 3.8) is 0 Å². The highest BCUT2D eigenvalue weighted by Gasteiger charge is 2.25. The van der Waals surface area contributed by atoms with Gasteiger partial charge in [-0.2, -0.15) is 11.8 Å². The summed E-state index contributed by atoms with van der Waals surface area (Å²) in [6.07, 6.45) is 2.89. The van der Waals surface area contributed by atoms with Gasteiger partial charge in [-0.25, -0.2) is 4.98 Å². The SMILES string of the molecule is CCCc1nc(N2CC(C)SC(C)C2)sc1C=O. The van der Waals surface area contributed by atoms with Gasteiger partial charge in [0, 0.05) is 23.6 Å². The van der Waals surface area contributed by atoms with Gasteiger partial charge in [0.25, 0.3) is 0 Å². The Kier molecular flexibility index (Phi) is 4.67. The van der Waals surface area contributed by atoms with E-state index in [0.29, 0.717) is 10.5 Å². The molecule has 3 nitrogen and oxygen atoms in total. The molecule has 2 unspecified atom stereocenters. The number of aldehydes is 1. The monoisotopic (exact) mass is 284 g/mol. The van der Waals surface area contributed by atoms with Crippen LogP contribution in [0.3, 0.4) is 0 Å². The first kappa shape index (κ1) is 13.9. The Bertz CT molecular complexity index is 409. The number of carbonyl (C=O) groups is 1. The molecule has 2 heterocycles. The number of nitrogens with zero attached hydrogens (tertiary/aromatic N) is 2. The van der Waals surface area contributed by atoms with E-state index in [1.165, 1.54) is 0 Å². The van der Waals surface area contributed by atoms with Crippen LogP contribution in [0.4, 0.5) is 5.13 Å². The van der Waals surface area contributed by atoms with Crippen LogP contribution in [0.5, 0.6) is 0 Å². The molecule has 0 aromatic carbocycles. The first-order valence-electron chi connectivity index (χ1n) is 6.49. The first-order valence-corrected chi connectivity index (χ1v) is 8.25. The lowest BCUT2D eigenvalue weighted by Gasteiger charge is -2.34. The van der Waals surface area contributed by atoms with Crippen molar-refractivity contribution in [1.82, 2.24) is 4.98 Å². The number of aromatic nitrogens is 1. The molecule has 1 saturated heterocycles. The molecule has 1 aliphatic rings. The van der Waals surface area contributed by atoms with E-state index in [2.05, 4.69) is 30.7 Å². The summed E-state index contributed by atoms with van der Waals surface area (Å²) in [6, 6.07) is 0. The molecule has 0 spiro atoms. The first-order chi connectivity index (χ1) is 8.63. The fourth-order valence-corrected chi connectivity index (χ4v) is 4.60. The molecule has 0 N–H and O–H groups in total. The number of hydrogen-bond acceptors (Lipinski definition) is 5. The summed E-state index contributed by atoms with van der Waals surface area (Å²) in [5, 5.41) is 2.29. The van der Waals surface area contributed by atoms with Gasteiger partial charge in [-0.3, -0.25) is 4.79 Å². The summed E-state index contributed by atoms with van der Waals surface area (Å²) < 4.78 is 0. The van der Waals surface area contributed by atoms with Crippen molar-refractivity contribution in [3.05, 3.63) is 10.6 Å². The molecule has 2 rings (SSSR count). The minimum atomic E-state index is 0.631. The quantitative estimate of drug-likeness (QED) is 0.795. The average molecular weight is 284 g/mol. The van der Waals surface area contributed by atoms with Gasteiger partial charge >= 0.3 is 0 Å². The van der Waals surface area contributed by atoms with Crippen molar-refractivity contribution in [2.75, 3.05) is 18.0 Å². The van der Waals surface area contributed by atoms with Gasteiger partial charge in [-0.05, 0) is 6.42 Å². The van der Waals surface area contributed by atoms with Crippen molar-refractivity contribution in [1.29, 1.82) is 0 Å². The third-order valence-electron chi connectivity index (χ3n) is 3.00. The van der Waals surface area contributed by atoms with Crippen LogP contribution in [0.1, 0.15) is 42.6 Å². The molecule has 0 aliphatic carbocycles. The number of anilines is 1. The number of thiazole rings is 1. The number of aryl methyl sites for hydroxylation is 1. The zero-order valence-corrected chi connectivity index (χ0v) is 12.8. The van der Waals surface area contributed by atoms with Gasteiger partial charge in [0.05, 0.1) is 10.6 Å². The van der Waals surface area contributed by atoms with Crippen LogP contribution in [0, 0.1) is 0 Å². The fraction of sp³-hybridized carbons (Fsp3) is 0.692. The number of thioether (sulfide) groups is 1. The van der Waals surface area contributed by atoms with Crippen molar-refractivity contribution in [2.24, 2.45) is 0 Å². The van der Waals surface area contributed by atoms with Crippen LogP contribution >= 0.6 is 23.1 Å². The van der Waals surface area contributed by atoms with Crippen LogP contribution in [0.25, 0.3) is 0 Å². The molecule has 0 saturated carbocycles. The second-order valence-corrected chi connectivity index (χ2v) is 7.73. The lowest BCUT2D eigenvalue weighted by molar-refractivity contribution is 0.112. The van der Waals surface area contributed by atoms with Crippen LogP contribution in [-0.4, -0.2) is 34.9 Å². The molecule has 18 heavy (non-hydrogen) atoms. The highest BCUT2D eigenvalue weighted by atomic mass is 32.2. The normalized spacial score (nSPS) is 24.3. The Balaban J connectivity index is 2.19. The Morgan fingerprint density at radius 3 is 2.61 bits per heavy atom.